The molecule has 1 amide bonds. The molecule has 0 bridgehead atoms. The van der Waals surface area contributed by atoms with E-state index in [1.54, 1.807) is 12.1 Å². The molecule has 0 heterocycles. The average molecular weight is 253 g/mol. The number of rotatable bonds is 4. The van der Waals surface area contributed by atoms with Gasteiger partial charge in [0.2, 0.25) is 5.91 Å². The summed E-state index contributed by atoms with van der Waals surface area (Å²) in [5.41, 5.74) is 0.925. The number of carbonyl (C=O) groups excluding carboxylic acids is 1. The summed E-state index contributed by atoms with van der Waals surface area (Å²) in [7, 11) is 0. The Labute approximate surface area is 105 Å². The molecule has 1 rings (SSSR count). The molecule has 0 unspecified atom stereocenters. The summed E-state index contributed by atoms with van der Waals surface area (Å²) in [6.07, 6.45) is 0.00491. The standard InChI is InChI=1S/C12H13ClN2O2/c1-8(2)17-7-12(16)15-10-4-3-9(6-14)11(13)5-10/h3-5,8H,7H2,1-2H3,(H,15,16). The van der Waals surface area contributed by atoms with Crippen LogP contribution in [-0.4, -0.2) is 18.6 Å². The fraction of sp³-hybridized carbons (Fsp3) is 0.333. The Balaban J connectivity index is 2.61. The van der Waals surface area contributed by atoms with Crippen LogP contribution in [0.1, 0.15) is 19.4 Å². The van der Waals surface area contributed by atoms with E-state index in [-0.39, 0.29) is 18.6 Å². The minimum Gasteiger partial charge on any atom is -0.369 e. The maximum absolute atomic E-state index is 11.4. The Bertz CT molecular complexity index is 452. The number of hydrogen-bond donors (Lipinski definition) is 1. The molecule has 4 nitrogen and oxygen atoms in total. The minimum absolute atomic E-state index is 0.00468. The van der Waals surface area contributed by atoms with E-state index in [0.29, 0.717) is 16.3 Å². The lowest BCUT2D eigenvalue weighted by atomic mass is 10.2. The molecule has 1 N–H and O–H groups in total. The number of carbonyl (C=O) groups is 1. The number of halogens is 1. The summed E-state index contributed by atoms with van der Waals surface area (Å²) in [5, 5.41) is 11.6. The topological polar surface area (TPSA) is 62.1 Å². The lowest BCUT2D eigenvalue weighted by molar-refractivity contribution is -0.121. The number of benzene rings is 1. The van der Waals surface area contributed by atoms with Gasteiger partial charge in [-0.05, 0) is 32.0 Å². The SMILES string of the molecule is CC(C)OCC(=O)Nc1ccc(C#N)c(Cl)c1. The van der Waals surface area contributed by atoms with Gasteiger partial charge in [0.05, 0.1) is 16.7 Å². The molecular formula is C12H13ClN2O2. The molecule has 0 radical (unpaired) electrons. The van der Waals surface area contributed by atoms with Gasteiger partial charge in [-0.15, -0.1) is 0 Å². The van der Waals surface area contributed by atoms with Crippen molar-refractivity contribution in [1.29, 1.82) is 5.26 Å². The first kappa shape index (κ1) is 13.5. The molecule has 5 heteroatoms. The molecule has 1 aromatic rings. The third-order valence-corrected chi connectivity index (χ3v) is 2.23. The van der Waals surface area contributed by atoms with Gasteiger partial charge in [-0.2, -0.15) is 5.26 Å². The van der Waals surface area contributed by atoms with Crippen molar-refractivity contribution in [2.45, 2.75) is 20.0 Å². The van der Waals surface area contributed by atoms with Crippen molar-refractivity contribution >= 4 is 23.2 Å². The monoisotopic (exact) mass is 252 g/mol. The zero-order valence-corrected chi connectivity index (χ0v) is 10.4. The molecule has 90 valence electrons. The van der Waals surface area contributed by atoms with E-state index in [2.05, 4.69) is 5.32 Å². The largest absolute Gasteiger partial charge is 0.369 e. The van der Waals surface area contributed by atoms with E-state index in [1.165, 1.54) is 6.07 Å². The second-order valence-electron chi connectivity index (χ2n) is 3.71. The highest BCUT2D eigenvalue weighted by atomic mass is 35.5. The first-order chi connectivity index (χ1) is 8.02. The Kier molecular flexibility index (Phi) is 4.95. The number of nitriles is 1. The van der Waals surface area contributed by atoms with Gasteiger partial charge in [0.15, 0.2) is 0 Å². The Morgan fingerprint density at radius 1 is 1.59 bits per heavy atom. The van der Waals surface area contributed by atoms with E-state index in [0.717, 1.165) is 0 Å². The Morgan fingerprint density at radius 3 is 2.82 bits per heavy atom. The van der Waals surface area contributed by atoms with Crippen LogP contribution in [0.15, 0.2) is 18.2 Å². The minimum atomic E-state index is -0.250. The van der Waals surface area contributed by atoms with Crippen molar-refractivity contribution in [2.24, 2.45) is 0 Å². The van der Waals surface area contributed by atoms with E-state index in [9.17, 15) is 4.79 Å². The fourth-order valence-corrected chi connectivity index (χ4v) is 1.35. The van der Waals surface area contributed by atoms with Gasteiger partial charge in [0, 0.05) is 5.69 Å². The van der Waals surface area contributed by atoms with E-state index in [4.69, 9.17) is 21.6 Å². The van der Waals surface area contributed by atoms with Gasteiger partial charge in [0.1, 0.15) is 12.7 Å². The average Bonchev–Trinajstić information content (AvgIpc) is 2.26. The van der Waals surface area contributed by atoms with Crippen molar-refractivity contribution in [3.63, 3.8) is 0 Å². The number of hydrogen-bond acceptors (Lipinski definition) is 3. The van der Waals surface area contributed by atoms with Crippen molar-refractivity contribution in [3.8, 4) is 6.07 Å². The summed E-state index contributed by atoms with van der Waals surface area (Å²) in [6, 6.07) is 6.66. The molecule has 0 aliphatic heterocycles. The maximum atomic E-state index is 11.4. The van der Waals surface area contributed by atoms with Crippen molar-refractivity contribution < 1.29 is 9.53 Å². The number of nitrogens with one attached hydrogen (secondary N) is 1. The van der Waals surface area contributed by atoms with Crippen LogP contribution in [0.4, 0.5) is 5.69 Å². The van der Waals surface area contributed by atoms with Crippen molar-refractivity contribution in [3.05, 3.63) is 28.8 Å². The van der Waals surface area contributed by atoms with Gasteiger partial charge in [-0.1, -0.05) is 11.6 Å². The fourth-order valence-electron chi connectivity index (χ4n) is 1.12. The molecule has 0 atom stereocenters. The molecule has 0 aliphatic rings. The third kappa shape index (κ3) is 4.43. The van der Waals surface area contributed by atoms with Crippen LogP contribution in [0.3, 0.4) is 0 Å². The molecular weight excluding hydrogens is 240 g/mol. The van der Waals surface area contributed by atoms with E-state index < -0.39 is 0 Å². The molecule has 0 saturated heterocycles. The summed E-state index contributed by atoms with van der Waals surface area (Å²) in [4.78, 5) is 11.4. The highest BCUT2D eigenvalue weighted by molar-refractivity contribution is 6.32. The summed E-state index contributed by atoms with van der Waals surface area (Å²) in [5.74, 6) is -0.250. The van der Waals surface area contributed by atoms with Gasteiger partial charge < -0.3 is 10.1 Å². The molecule has 0 aliphatic carbocycles. The number of anilines is 1. The summed E-state index contributed by atoms with van der Waals surface area (Å²) < 4.78 is 5.15. The zero-order valence-electron chi connectivity index (χ0n) is 9.66. The second kappa shape index (κ2) is 6.24. The van der Waals surface area contributed by atoms with E-state index in [1.807, 2.05) is 19.9 Å². The van der Waals surface area contributed by atoms with Crippen LogP contribution in [0.25, 0.3) is 0 Å². The Hall–Kier alpha value is -1.57. The lowest BCUT2D eigenvalue weighted by Gasteiger charge is -2.08. The summed E-state index contributed by atoms with van der Waals surface area (Å²) in [6.45, 7) is 3.70. The molecule has 0 spiro atoms. The lowest BCUT2D eigenvalue weighted by Crippen LogP contribution is -2.20. The highest BCUT2D eigenvalue weighted by Gasteiger charge is 2.06. The predicted octanol–water partition coefficient (Wildman–Crippen LogP) is 2.58. The number of ether oxygens (including phenoxy) is 1. The predicted molar refractivity (Wildman–Crippen MR) is 65.9 cm³/mol. The van der Waals surface area contributed by atoms with Crippen LogP contribution in [0.2, 0.25) is 5.02 Å². The van der Waals surface area contributed by atoms with Gasteiger partial charge in [0.25, 0.3) is 0 Å². The smallest absolute Gasteiger partial charge is 0.250 e. The molecule has 0 saturated carbocycles. The first-order valence-electron chi connectivity index (χ1n) is 5.14. The summed E-state index contributed by atoms with van der Waals surface area (Å²) >= 11 is 5.84. The first-order valence-corrected chi connectivity index (χ1v) is 5.52. The van der Waals surface area contributed by atoms with E-state index >= 15 is 0 Å². The van der Waals surface area contributed by atoms with Crippen molar-refractivity contribution in [2.75, 3.05) is 11.9 Å². The van der Waals surface area contributed by atoms with Crippen LogP contribution in [0.5, 0.6) is 0 Å². The number of nitrogens with zero attached hydrogens (tertiary/aromatic N) is 1. The number of amides is 1. The molecule has 1 aromatic carbocycles. The maximum Gasteiger partial charge on any atom is 0.250 e. The van der Waals surface area contributed by atoms with Crippen molar-refractivity contribution in [1.82, 2.24) is 0 Å². The normalized spacial score (nSPS) is 10.1. The second-order valence-corrected chi connectivity index (χ2v) is 4.12. The third-order valence-electron chi connectivity index (χ3n) is 1.92. The molecule has 17 heavy (non-hydrogen) atoms. The van der Waals surface area contributed by atoms with Gasteiger partial charge in [-0.3, -0.25) is 4.79 Å². The van der Waals surface area contributed by atoms with Gasteiger partial charge >= 0.3 is 0 Å². The van der Waals surface area contributed by atoms with Crippen LogP contribution >= 0.6 is 11.6 Å². The zero-order chi connectivity index (χ0) is 12.8. The van der Waals surface area contributed by atoms with Crippen LogP contribution < -0.4 is 5.32 Å². The van der Waals surface area contributed by atoms with Gasteiger partial charge in [-0.25, -0.2) is 0 Å². The van der Waals surface area contributed by atoms with Crippen LogP contribution in [0, 0.1) is 11.3 Å². The highest BCUT2D eigenvalue weighted by Crippen LogP contribution is 2.20. The molecule has 0 fully saturated rings. The quantitative estimate of drug-likeness (QED) is 0.896. The molecule has 0 aromatic heterocycles. The van der Waals surface area contributed by atoms with Crippen LogP contribution in [-0.2, 0) is 9.53 Å². The Morgan fingerprint density at radius 2 is 2.29 bits per heavy atom.